The molecule has 0 aliphatic carbocycles. The van der Waals surface area contributed by atoms with E-state index in [-0.39, 0.29) is 5.97 Å². The molecular weight excluding hydrogens is 250 g/mol. The largest absolute Gasteiger partial charge is 0.423 e. The maximum atomic E-state index is 12.1. The average molecular weight is 269 g/mol. The van der Waals surface area contributed by atoms with E-state index in [1.807, 2.05) is 25.1 Å². The Labute approximate surface area is 119 Å². The van der Waals surface area contributed by atoms with E-state index in [0.29, 0.717) is 22.9 Å². The summed E-state index contributed by atoms with van der Waals surface area (Å²) in [6.07, 6.45) is 0. The van der Waals surface area contributed by atoms with Crippen molar-refractivity contribution in [2.24, 2.45) is 0 Å². The number of nitrogens with two attached hydrogens (primary N) is 1. The highest BCUT2D eigenvalue weighted by Crippen LogP contribution is 2.28. The van der Waals surface area contributed by atoms with Crippen molar-refractivity contribution in [3.63, 3.8) is 0 Å². The third kappa shape index (κ3) is 3.18. The van der Waals surface area contributed by atoms with Crippen molar-refractivity contribution in [3.8, 4) is 5.75 Å². The summed E-state index contributed by atoms with van der Waals surface area (Å²) in [4.78, 5) is 12.1. The van der Waals surface area contributed by atoms with Crippen LogP contribution < -0.4 is 10.5 Å². The van der Waals surface area contributed by atoms with E-state index in [2.05, 4.69) is 13.8 Å². The minimum Gasteiger partial charge on any atom is -0.423 e. The van der Waals surface area contributed by atoms with E-state index >= 15 is 0 Å². The number of benzene rings is 2. The summed E-state index contributed by atoms with van der Waals surface area (Å²) in [5.74, 6) is 0.559. The molecule has 2 aromatic carbocycles. The Balaban J connectivity index is 2.27. The number of esters is 1. The predicted octanol–water partition coefficient (Wildman–Crippen LogP) is 3.92. The van der Waals surface area contributed by atoms with Gasteiger partial charge in [0.1, 0.15) is 5.75 Å². The zero-order valence-corrected chi connectivity index (χ0v) is 12.0. The standard InChI is InChI=1S/C17H19NO2/c1-11(2)15-9-4-12(3)10-16(15)20-17(19)13-5-7-14(18)8-6-13/h4-11H,18H2,1-3H3. The van der Waals surface area contributed by atoms with E-state index < -0.39 is 0 Å². The number of hydrogen-bond donors (Lipinski definition) is 1. The smallest absolute Gasteiger partial charge is 0.343 e. The molecule has 0 spiro atoms. The summed E-state index contributed by atoms with van der Waals surface area (Å²) >= 11 is 0. The zero-order valence-electron chi connectivity index (χ0n) is 12.0. The molecule has 104 valence electrons. The molecule has 2 rings (SSSR count). The summed E-state index contributed by atoms with van der Waals surface area (Å²) in [7, 11) is 0. The predicted molar refractivity (Wildman–Crippen MR) is 81.1 cm³/mol. The summed E-state index contributed by atoms with van der Waals surface area (Å²) < 4.78 is 5.53. The number of rotatable bonds is 3. The highest BCUT2D eigenvalue weighted by molar-refractivity contribution is 5.91. The first-order valence-electron chi connectivity index (χ1n) is 6.65. The lowest BCUT2D eigenvalue weighted by atomic mass is 10.0. The number of ether oxygens (including phenoxy) is 1. The second-order valence-electron chi connectivity index (χ2n) is 5.21. The van der Waals surface area contributed by atoms with Gasteiger partial charge in [-0.25, -0.2) is 4.79 Å². The fraction of sp³-hybridized carbons (Fsp3) is 0.235. The summed E-state index contributed by atoms with van der Waals surface area (Å²) in [5.41, 5.74) is 8.82. The van der Waals surface area contributed by atoms with Crippen LogP contribution in [0.5, 0.6) is 5.75 Å². The van der Waals surface area contributed by atoms with Gasteiger partial charge in [-0.05, 0) is 54.3 Å². The molecule has 0 aliphatic heterocycles. The van der Waals surface area contributed by atoms with Gasteiger partial charge in [0.25, 0.3) is 0 Å². The molecule has 0 aromatic heterocycles. The Hall–Kier alpha value is -2.29. The van der Waals surface area contributed by atoms with Crippen molar-refractivity contribution < 1.29 is 9.53 Å². The molecule has 0 saturated heterocycles. The van der Waals surface area contributed by atoms with Gasteiger partial charge in [0.05, 0.1) is 5.56 Å². The highest BCUT2D eigenvalue weighted by Gasteiger charge is 2.13. The Morgan fingerprint density at radius 2 is 1.75 bits per heavy atom. The van der Waals surface area contributed by atoms with Crippen LogP contribution in [0.3, 0.4) is 0 Å². The second-order valence-corrected chi connectivity index (χ2v) is 5.21. The molecule has 0 aliphatic rings. The van der Waals surface area contributed by atoms with E-state index in [9.17, 15) is 4.79 Å². The van der Waals surface area contributed by atoms with Gasteiger partial charge in [0, 0.05) is 5.69 Å². The molecular formula is C17H19NO2. The average Bonchev–Trinajstić information content (AvgIpc) is 2.39. The van der Waals surface area contributed by atoms with Gasteiger partial charge in [0.15, 0.2) is 0 Å². The van der Waals surface area contributed by atoms with Crippen LogP contribution in [0.15, 0.2) is 42.5 Å². The lowest BCUT2D eigenvalue weighted by Gasteiger charge is -2.13. The molecule has 3 heteroatoms. The van der Waals surface area contributed by atoms with Crippen LogP contribution in [0.4, 0.5) is 5.69 Å². The number of aryl methyl sites for hydroxylation is 1. The molecule has 20 heavy (non-hydrogen) atoms. The van der Waals surface area contributed by atoms with Gasteiger partial charge in [-0.2, -0.15) is 0 Å². The van der Waals surface area contributed by atoms with Gasteiger partial charge in [-0.3, -0.25) is 0 Å². The molecule has 2 N–H and O–H groups in total. The van der Waals surface area contributed by atoms with Gasteiger partial charge in [-0.1, -0.05) is 26.0 Å². The quantitative estimate of drug-likeness (QED) is 0.522. The van der Waals surface area contributed by atoms with Crippen molar-refractivity contribution in [3.05, 3.63) is 59.2 Å². The van der Waals surface area contributed by atoms with E-state index in [4.69, 9.17) is 10.5 Å². The van der Waals surface area contributed by atoms with Crippen LogP contribution in [-0.4, -0.2) is 5.97 Å². The molecule has 0 unspecified atom stereocenters. The SMILES string of the molecule is Cc1ccc(C(C)C)c(OC(=O)c2ccc(N)cc2)c1. The molecule has 2 aromatic rings. The molecule has 0 saturated carbocycles. The molecule has 0 amide bonds. The van der Waals surface area contributed by atoms with Crippen molar-refractivity contribution in [2.45, 2.75) is 26.7 Å². The normalized spacial score (nSPS) is 10.6. The Bertz CT molecular complexity index is 615. The van der Waals surface area contributed by atoms with Crippen molar-refractivity contribution >= 4 is 11.7 Å². The molecule has 0 radical (unpaired) electrons. The van der Waals surface area contributed by atoms with Gasteiger partial charge in [-0.15, -0.1) is 0 Å². The fourth-order valence-corrected chi connectivity index (χ4v) is 1.98. The number of nitrogen functional groups attached to an aromatic ring is 1. The lowest BCUT2D eigenvalue weighted by Crippen LogP contribution is -2.10. The monoisotopic (exact) mass is 269 g/mol. The molecule has 0 bridgehead atoms. The van der Waals surface area contributed by atoms with Crippen LogP contribution >= 0.6 is 0 Å². The molecule has 0 fully saturated rings. The first kappa shape index (κ1) is 14.1. The molecule has 0 atom stereocenters. The first-order valence-corrected chi connectivity index (χ1v) is 6.65. The van der Waals surface area contributed by atoms with Gasteiger partial charge >= 0.3 is 5.97 Å². The van der Waals surface area contributed by atoms with Crippen molar-refractivity contribution in [1.82, 2.24) is 0 Å². The molecule has 3 nitrogen and oxygen atoms in total. The maximum Gasteiger partial charge on any atom is 0.343 e. The van der Waals surface area contributed by atoms with Crippen LogP contribution in [0, 0.1) is 6.92 Å². The Morgan fingerprint density at radius 3 is 2.35 bits per heavy atom. The summed E-state index contributed by atoms with van der Waals surface area (Å²) in [6.45, 7) is 6.13. The Morgan fingerprint density at radius 1 is 1.10 bits per heavy atom. The van der Waals surface area contributed by atoms with Crippen LogP contribution in [0.25, 0.3) is 0 Å². The van der Waals surface area contributed by atoms with Crippen molar-refractivity contribution in [1.29, 1.82) is 0 Å². The number of carbonyl (C=O) groups is 1. The van der Waals surface area contributed by atoms with Gasteiger partial charge in [0.2, 0.25) is 0 Å². The minimum atomic E-state index is -0.363. The fourth-order valence-electron chi connectivity index (χ4n) is 1.98. The van der Waals surface area contributed by atoms with E-state index in [1.165, 1.54) is 0 Å². The molecule has 0 heterocycles. The van der Waals surface area contributed by atoms with Crippen LogP contribution in [0.1, 0.15) is 41.3 Å². The van der Waals surface area contributed by atoms with Gasteiger partial charge < -0.3 is 10.5 Å². The maximum absolute atomic E-state index is 12.1. The number of anilines is 1. The third-order valence-corrected chi connectivity index (χ3v) is 3.14. The lowest BCUT2D eigenvalue weighted by molar-refractivity contribution is 0.0733. The Kier molecular flexibility index (Phi) is 4.08. The van der Waals surface area contributed by atoms with Crippen LogP contribution in [-0.2, 0) is 0 Å². The second kappa shape index (κ2) is 5.78. The highest BCUT2D eigenvalue weighted by atomic mass is 16.5. The number of hydrogen-bond acceptors (Lipinski definition) is 3. The summed E-state index contributed by atoms with van der Waals surface area (Å²) in [6, 6.07) is 12.6. The summed E-state index contributed by atoms with van der Waals surface area (Å²) in [5, 5.41) is 0. The van der Waals surface area contributed by atoms with E-state index in [1.54, 1.807) is 24.3 Å². The third-order valence-electron chi connectivity index (χ3n) is 3.14. The van der Waals surface area contributed by atoms with E-state index in [0.717, 1.165) is 11.1 Å². The first-order chi connectivity index (χ1) is 9.47. The minimum absolute atomic E-state index is 0.296. The number of carbonyl (C=O) groups excluding carboxylic acids is 1. The zero-order chi connectivity index (χ0) is 14.7. The van der Waals surface area contributed by atoms with Crippen LogP contribution in [0.2, 0.25) is 0 Å². The topological polar surface area (TPSA) is 52.3 Å². The van der Waals surface area contributed by atoms with Crippen molar-refractivity contribution in [2.75, 3.05) is 5.73 Å².